The molecule has 6 nitrogen and oxygen atoms in total. The lowest BCUT2D eigenvalue weighted by Gasteiger charge is -2.19. The van der Waals surface area contributed by atoms with Crippen LogP contribution < -0.4 is 14.9 Å². The van der Waals surface area contributed by atoms with Gasteiger partial charge in [0.05, 0.1) is 11.5 Å². The van der Waals surface area contributed by atoms with Crippen LogP contribution in [-0.2, 0) is 14.9 Å². The number of benzene rings is 2. The predicted molar refractivity (Wildman–Crippen MR) is 119 cm³/mol. The van der Waals surface area contributed by atoms with E-state index in [0.29, 0.717) is 22.5 Å². The average Bonchev–Trinajstić information content (AvgIpc) is 2.74. The fourth-order valence-electron chi connectivity index (χ4n) is 2.89. The van der Waals surface area contributed by atoms with Crippen molar-refractivity contribution >= 4 is 16.9 Å². The minimum Gasteiger partial charge on any atom is -0.482 e. The summed E-state index contributed by atoms with van der Waals surface area (Å²) in [6.45, 7) is 9.93. The molecule has 0 spiro atoms. The number of carbonyl (C=O) groups excluding carboxylic acids is 1. The molecule has 0 amide bonds. The number of hydrogen-bond donors (Lipinski definition) is 0. The highest BCUT2D eigenvalue weighted by atomic mass is 16.6. The lowest BCUT2D eigenvalue weighted by atomic mass is 9.87. The molecule has 0 radical (unpaired) electrons. The first-order chi connectivity index (χ1) is 14.7. The third-order valence-electron chi connectivity index (χ3n) is 4.93. The van der Waals surface area contributed by atoms with Crippen LogP contribution in [0.25, 0.3) is 11.0 Å². The van der Waals surface area contributed by atoms with E-state index >= 15 is 0 Å². The maximum atomic E-state index is 12.8. The monoisotopic (exact) mass is 424 g/mol. The second-order valence-corrected chi connectivity index (χ2v) is 8.46. The van der Waals surface area contributed by atoms with Gasteiger partial charge in [-0.1, -0.05) is 39.8 Å². The first-order valence-electron chi connectivity index (χ1n) is 10.3. The highest BCUT2D eigenvalue weighted by Gasteiger charge is 2.15. The highest BCUT2D eigenvalue weighted by Crippen LogP contribution is 2.27. The molecular weight excluding hydrogens is 396 g/mol. The van der Waals surface area contributed by atoms with E-state index in [1.165, 1.54) is 11.8 Å². The van der Waals surface area contributed by atoms with Crippen molar-refractivity contribution in [3.05, 3.63) is 64.5 Å². The zero-order valence-electron chi connectivity index (χ0n) is 18.6. The molecule has 0 unspecified atom stereocenters. The summed E-state index contributed by atoms with van der Waals surface area (Å²) in [5.74, 6) is 0.613. The van der Waals surface area contributed by atoms with Gasteiger partial charge in [-0.25, -0.2) is 4.79 Å². The topological polar surface area (TPSA) is 75.0 Å². The molecule has 31 heavy (non-hydrogen) atoms. The lowest BCUT2D eigenvalue weighted by molar-refractivity contribution is -0.150. The minimum atomic E-state index is -0.447. The van der Waals surface area contributed by atoms with Crippen molar-refractivity contribution in [1.29, 1.82) is 0 Å². The van der Waals surface area contributed by atoms with Gasteiger partial charge < -0.3 is 18.6 Å². The van der Waals surface area contributed by atoms with E-state index in [9.17, 15) is 9.59 Å². The zero-order valence-corrected chi connectivity index (χ0v) is 18.6. The molecule has 3 rings (SSSR count). The lowest BCUT2D eigenvalue weighted by Crippen LogP contribution is -2.20. The molecule has 0 saturated heterocycles. The Hall–Kier alpha value is -3.28. The number of fused-ring (bicyclic) bond motifs is 1. The molecule has 1 atom stereocenters. The van der Waals surface area contributed by atoms with Crippen LogP contribution in [-0.4, -0.2) is 18.7 Å². The van der Waals surface area contributed by atoms with E-state index in [-0.39, 0.29) is 29.3 Å². The SMILES string of the molecule is CC[C@@H](C)OC(=O)COc1ccc2c(=O)c(Oc3ccc(C(C)(C)C)cc3)coc2c1. The van der Waals surface area contributed by atoms with Crippen molar-refractivity contribution in [1.82, 2.24) is 0 Å². The Kier molecular flexibility index (Phi) is 6.68. The molecule has 1 aromatic heterocycles. The molecule has 3 aromatic rings. The maximum absolute atomic E-state index is 12.8. The Labute approximate surface area is 181 Å². The van der Waals surface area contributed by atoms with Gasteiger partial charge in [-0.2, -0.15) is 0 Å². The summed E-state index contributed by atoms with van der Waals surface area (Å²) in [5, 5.41) is 0.360. The number of ether oxygens (including phenoxy) is 3. The molecule has 0 aliphatic carbocycles. The maximum Gasteiger partial charge on any atom is 0.344 e. The van der Waals surface area contributed by atoms with Crippen LogP contribution in [0.5, 0.6) is 17.2 Å². The minimum absolute atomic E-state index is 0.0330. The van der Waals surface area contributed by atoms with Crippen LogP contribution in [0.2, 0.25) is 0 Å². The summed E-state index contributed by atoms with van der Waals surface area (Å²) >= 11 is 0. The van der Waals surface area contributed by atoms with E-state index < -0.39 is 5.97 Å². The summed E-state index contributed by atoms with van der Waals surface area (Å²) in [6, 6.07) is 12.4. The highest BCUT2D eigenvalue weighted by molar-refractivity contribution is 5.79. The average molecular weight is 424 g/mol. The van der Waals surface area contributed by atoms with Crippen molar-refractivity contribution < 1.29 is 23.4 Å². The standard InChI is InChI=1S/C25H28O6/c1-6-16(2)30-23(26)15-28-19-11-12-20-21(13-19)29-14-22(24(20)27)31-18-9-7-17(8-10-18)25(3,4)5/h7-14,16H,6,15H2,1-5H3/t16-/m1/s1. The van der Waals surface area contributed by atoms with Crippen LogP contribution in [0.3, 0.4) is 0 Å². The predicted octanol–water partition coefficient (Wildman–Crippen LogP) is 5.60. The number of carbonyl (C=O) groups is 1. The fourth-order valence-corrected chi connectivity index (χ4v) is 2.89. The van der Waals surface area contributed by atoms with Gasteiger partial charge in [-0.3, -0.25) is 4.79 Å². The molecular formula is C25H28O6. The first kappa shape index (κ1) is 22.4. The Balaban J connectivity index is 1.73. The Morgan fingerprint density at radius 2 is 1.74 bits per heavy atom. The van der Waals surface area contributed by atoms with E-state index in [0.717, 1.165) is 6.42 Å². The summed E-state index contributed by atoms with van der Waals surface area (Å²) in [4.78, 5) is 24.6. The van der Waals surface area contributed by atoms with Gasteiger partial charge in [0.25, 0.3) is 0 Å². The zero-order chi connectivity index (χ0) is 22.6. The van der Waals surface area contributed by atoms with Crippen molar-refractivity contribution in [2.75, 3.05) is 6.61 Å². The van der Waals surface area contributed by atoms with Crippen molar-refractivity contribution in [2.24, 2.45) is 0 Å². The van der Waals surface area contributed by atoms with Crippen LogP contribution >= 0.6 is 0 Å². The third kappa shape index (κ3) is 5.66. The number of rotatable bonds is 7. The largest absolute Gasteiger partial charge is 0.482 e. The fraction of sp³-hybridized carbons (Fsp3) is 0.360. The second kappa shape index (κ2) is 9.25. The molecule has 6 heteroatoms. The Bertz CT molecular complexity index is 1110. The van der Waals surface area contributed by atoms with Crippen LogP contribution in [0, 0.1) is 0 Å². The van der Waals surface area contributed by atoms with Crippen LogP contribution in [0.1, 0.15) is 46.6 Å². The molecule has 0 saturated carbocycles. The van der Waals surface area contributed by atoms with E-state index in [2.05, 4.69) is 20.8 Å². The van der Waals surface area contributed by atoms with E-state index in [4.69, 9.17) is 18.6 Å². The molecule has 0 fully saturated rings. The molecule has 0 aliphatic heterocycles. The summed E-state index contributed by atoms with van der Waals surface area (Å²) in [7, 11) is 0. The molecule has 164 valence electrons. The quantitative estimate of drug-likeness (QED) is 0.459. The van der Waals surface area contributed by atoms with Crippen LogP contribution in [0.4, 0.5) is 0 Å². The molecule has 1 heterocycles. The van der Waals surface area contributed by atoms with E-state index in [1.807, 2.05) is 38.1 Å². The third-order valence-corrected chi connectivity index (χ3v) is 4.93. The van der Waals surface area contributed by atoms with Gasteiger partial charge in [-0.05, 0) is 48.6 Å². The van der Waals surface area contributed by atoms with Crippen molar-refractivity contribution in [3.8, 4) is 17.2 Å². The van der Waals surface area contributed by atoms with E-state index in [1.54, 1.807) is 18.2 Å². The number of esters is 1. The first-order valence-corrected chi connectivity index (χ1v) is 10.3. The Morgan fingerprint density at radius 1 is 1.06 bits per heavy atom. The van der Waals surface area contributed by atoms with Crippen LogP contribution in [0.15, 0.2) is 57.9 Å². The molecule has 0 bridgehead atoms. The number of hydrogen-bond acceptors (Lipinski definition) is 6. The van der Waals surface area contributed by atoms with Gasteiger partial charge in [0.15, 0.2) is 6.61 Å². The smallest absolute Gasteiger partial charge is 0.344 e. The van der Waals surface area contributed by atoms with Gasteiger partial charge in [-0.15, -0.1) is 0 Å². The molecule has 2 aromatic carbocycles. The Morgan fingerprint density at radius 3 is 2.39 bits per heavy atom. The molecule has 0 aliphatic rings. The van der Waals surface area contributed by atoms with Gasteiger partial charge in [0.2, 0.25) is 11.2 Å². The van der Waals surface area contributed by atoms with Gasteiger partial charge >= 0.3 is 5.97 Å². The van der Waals surface area contributed by atoms with Gasteiger partial charge in [0.1, 0.15) is 23.3 Å². The summed E-state index contributed by atoms with van der Waals surface area (Å²) in [6.07, 6.45) is 1.86. The van der Waals surface area contributed by atoms with Crippen molar-refractivity contribution in [2.45, 2.75) is 52.6 Å². The second-order valence-electron chi connectivity index (χ2n) is 8.46. The van der Waals surface area contributed by atoms with Crippen molar-refractivity contribution in [3.63, 3.8) is 0 Å². The summed E-state index contributed by atoms with van der Waals surface area (Å²) in [5.41, 5.74) is 1.26. The molecule has 0 N–H and O–H groups in total. The summed E-state index contributed by atoms with van der Waals surface area (Å²) < 4.78 is 22.0. The van der Waals surface area contributed by atoms with Gasteiger partial charge in [0, 0.05) is 6.07 Å². The normalized spacial score (nSPS) is 12.4.